The zero-order valence-corrected chi connectivity index (χ0v) is 8.99. The second kappa shape index (κ2) is 4.13. The number of nitrogens with two attached hydrogens (primary N) is 1. The van der Waals surface area contributed by atoms with Crippen molar-refractivity contribution < 1.29 is 5.11 Å². The van der Waals surface area contributed by atoms with E-state index in [-0.39, 0.29) is 23.3 Å². The Balaban J connectivity index is 0.00000144. The minimum atomic E-state index is -0.530. The molecule has 0 aliphatic heterocycles. The molecule has 0 bridgehead atoms. The van der Waals surface area contributed by atoms with Gasteiger partial charge in [0.2, 0.25) is 0 Å². The van der Waals surface area contributed by atoms with Crippen molar-refractivity contribution in [3.8, 4) is 5.75 Å². The molecule has 0 atom stereocenters. The van der Waals surface area contributed by atoms with Crippen LogP contribution in [0.15, 0.2) is 12.1 Å². The van der Waals surface area contributed by atoms with Crippen LogP contribution in [0.4, 0.5) is 0 Å². The molecule has 3 nitrogen and oxygen atoms in total. The van der Waals surface area contributed by atoms with Gasteiger partial charge in [0, 0.05) is 0 Å². The molecule has 0 saturated heterocycles. The lowest BCUT2D eigenvalue weighted by molar-refractivity contribution is 0.468. The van der Waals surface area contributed by atoms with Crippen LogP contribution < -0.4 is 5.73 Å². The molecule has 74 valence electrons. The minimum absolute atomic E-state index is 0. The second-order valence-corrected chi connectivity index (χ2v) is 3.59. The highest BCUT2D eigenvalue weighted by molar-refractivity contribution is 6.30. The molecule has 0 fully saturated rings. The normalized spacial score (nSPS) is 10.8. The van der Waals surface area contributed by atoms with E-state index in [1.165, 1.54) is 6.07 Å². The van der Waals surface area contributed by atoms with Crippen LogP contribution in [0.2, 0.25) is 5.15 Å². The molecule has 0 unspecified atom stereocenters. The monoisotopic (exact) mass is 222 g/mol. The molecule has 1 aromatic rings. The SMILES string of the molecule is CC(C)(N)c1ccc(O)c(Cl)n1.Cl. The van der Waals surface area contributed by atoms with Crippen molar-refractivity contribution in [3.63, 3.8) is 0 Å². The van der Waals surface area contributed by atoms with Crippen molar-refractivity contribution in [1.29, 1.82) is 0 Å². The lowest BCUT2D eigenvalue weighted by atomic mass is 10.0. The smallest absolute Gasteiger partial charge is 0.171 e. The molecule has 0 aliphatic carbocycles. The van der Waals surface area contributed by atoms with Gasteiger partial charge in [0.15, 0.2) is 10.9 Å². The van der Waals surface area contributed by atoms with Gasteiger partial charge in [-0.05, 0) is 26.0 Å². The Bertz CT molecular complexity index is 297. The summed E-state index contributed by atoms with van der Waals surface area (Å²) in [6.07, 6.45) is 0. The molecule has 3 N–H and O–H groups in total. The van der Waals surface area contributed by atoms with E-state index in [1.54, 1.807) is 6.07 Å². The van der Waals surface area contributed by atoms with Gasteiger partial charge >= 0.3 is 0 Å². The van der Waals surface area contributed by atoms with Crippen LogP contribution in [0.25, 0.3) is 0 Å². The topological polar surface area (TPSA) is 59.1 Å². The van der Waals surface area contributed by atoms with Gasteiger partial charge in [-0.15, -0.1) is 12.4 Å². The summed E-state index contributed by atoms with van der Waals surface area (Å²) in [7, 11) is 0. The number of aromatic nitrogens is 1. The summed E-state index contributed by atoms with van der Waals surface area (Å²) in [5.41, 5.74) is 5.90. The number of hydrogen-bond acceptors (Lipinski definition) is 3. The maximum absolute atomic E-state index is 9.07. The van der Waals surface area contributed by atoms with E-state index in [9.17, 15) is 0 Å². The first-order valence-corrected chi connectivity index (χ1v) is 3.94. The van der Waals surface area contributed by atoms with Crippen molar-refractivity contribution in [2.75, 3.05) is 0 Å². The zero-order valence-electron chi connectivity index (χ0n) is 7.41. The summed E-state index contributed by atoms with van der Waals surface area (Å²) in [6, 6.07) is 3.14. The van der Waals surface area contributed by atoms with Gasteiger partial charge < -0.3 is 10.8 Å². The molecule has 5 heteroatoms. The van der Waals surface area contributed by atoms with Crippen LogP contribution in [0.5, 0.6) is 5.75 Å². The Morgan fingerprint density at radius 1 is 1.46 bits per heavy atom. The van der Waals surface area contributed by atoms with Crippen LogP contribution in [0.1, 0.15) is 19.5 Å². The number of halogens is 2. The third-order valence-corrected chi connectivity index (χ3v) is 1.77. The van der Waals surface area contributed by atoms with E-state index in [0.29, 0.717) is 5.69 Å². The van der Waals surface area contributed by atoms with Gasteiger partial charge in [-0.1, -0.05) is 11.6 Å². The lowest BCUT2D eigenvalue weighted by Gasteiger charge is -2.17. The average molecular weight is 223 g/mol. The predicted octanol–water partition coefficient (Wildman–Crippen LogP) is 2.06. The third kappa shape index (κ3) is 3.03. The van der Waals surface area contributed by atoms with E-state index >= 15 is 0 Å². The molecule has 0 saturated carbocycles. The molecule has 0 amide bonds. The van der Waals surface area contributed by atoms with Gasteiger partial charge in [-0.3, -0.25) is 0 Å². The summed E-state index contributed by atoms with van der Waals surface area (Å²) in [4.78, 5) is 3.93. The Hall–Kier alpha value is -0.510. The van der Waals surface area contributed by atoms with Crippen LogP contribution in [-0.4, -0.2) is 10.1 Å². The fraction of sp³-hybridized carbons (Fsp3) is 0.375. The maximum Gasteiger partial charge on any atom is 0.171 e. The molecule has 0 radical (unpaired) electrons. The quantitative estimate of drug-likeness (QED) is 0.716. The Labute approximate surface area is 88.3 Å². The van der Waals surface area contributed by atoms with Crippen molar-refractivity contribution >= 4 is 24.0 Å². The van der Waals surface area contributed by atoms with Crippen LogP contribution in [0.3, 0.4) is 0 Å². The molecule has 1 aromatic heterocycles. The van der Waals surface area contributed by atoms with Crippen molar-refractivity contribution in [2.24, 2.45) is 5.73 Å². The van der Waals surface area contributed by atoms with Gasteiger partial charge in [-0.25, -0.2) is 4.98 Å². The Morgan fingerprint density at radius 2 is 2.00 bits per heavy atom. The number of pyridine rings is 1. The maximum atomic E-state index is 9.07. The van der Waals surface area contributed by atoms with Crippen molar-refractivity contribution in [1.82, 2.24) is 4.98 Å². The minimum Gasteiger partial charge on any atom is -0.505 e. The van der Waals surface area contributed by atoms with E-state index in [2.05, 4.69) is 4.98 Å². The molecule has 0 aliphatic rings. The van der Waals surface area contributed by atoms with E-state index in [4.69, 9.17) is 22.4 Å². The molecule has 0 spiro atoms. The Kier molecular flexibility index (Phi) is 3.97. The summed E-state index contributed by atoms with van der Waals surface area (Å²) < 4.78 is 0. The first-order chi connectivity index (χ1) is 5.41. The highest BCUT2D eigenvalue weighted by atomic mass is 35.5. The lowest BCUT2D eigenvalue weighted by Crippen LogP contribution is -2.29. The highest BCUT2D eigenvalue weighted by Gasteiger charge is 2.16. The van der Waals surface area contributed by atoms with Crippen LogP contribution in [0, 0.1) is 0 Å². The summed E-state index contributed by atoms with van der Waals surface area (Å²) >= 11 is 5.60. The summed E-state index contributed by atoms with van der Waals surface area (Å²) in [5, 5.41) is 9.16. The average Bonchev–Trinajstić information content (AvgIpc) is 1.92. The molecule has 1 heterocycles. The van der Waals surface area contributed by atoms with Gasteiger partial charge in [0.25, 0.3) is 0 Å². The highest BCUT2D eigenvalue weighted by Crippen LogP contribution is 2.23. The number of aromatic hydroxyl groups is 1. The molecular weight excluding hydrogens is 211 g/mol. The molecule has 0 aromatic carbocycles. The fourth-order valence-corrected chi connectivity index (χ4v) is 0.940. The summed E-state index contributed by atoms with van der Waals surface area (Å²) in [5.74, 6) is -0.0235. The van der Waals surface area contributed by atoms with Gasteiger partial charge in [-0.2, -0.15) is 0 Å². The second-order valence-electron chi connectivity index (χ2n) is 3.23. The number of hydrogen-bond donors (Lipinski definition) is 2. The molecule has 1 rings (SSSR count). The predicted molar refractivity (Wildman–Crippen MR) is 55.4 cm³/mol. The van der Waals surface area contributed by atoms with Gasteiger partial charge in [0.05, 0.1) is 11.2 Å². The standard InChI is InChI=1S/C8H11ClN2O.ClH/c1-8(2,10)6-4-3-5(12)7(9)11-6;/h3-4,12H,10H2,1-2H3;1H. The number of nitrogens with zero attached hydrogens (tertiary/aromatic N) is 1. The van der Waals surface area contributed by atoms with E-state index in [1.807, 2.05) is 13.8 Å². The van der Waals surface area contributed by atoms with E-state index in [0.717, 1.165) is 0 Å². The molecular formula is C8H12Cl2N2O. The fourth-order valence-electron chi connectivity index (χ4n) is 0.786. The number of rotatable bonds is 1. The first kappa shape index (κ1) is 12.5. The van der Waals surface area contributed by atoms with Crippen molar-refractivity contribution in [2.45, 2.75) is 19.4 Å². The van der Waals surface area contributed by atoms with E-state index < -0.39 is 5.54 Å². The van der Waals surface area contributed by atoms with Crippen LogP contribution >= 0.6 is 24.0 Å². The van der Waals surface area contributed by atoms with Crippen LogP contribution in [-0.2, 0) is 5.54 Å². The largest absolute Gasteiger partial charge is 0.505 e. The van der Waals surface area contributed by atoms with Crippen molar-refractivity contribution in [3.05, 3.63) is 23.0 Å². The third-order valence-electron chi connectivity index (χ3n) is 1.49. The zero-order chi connectivity index (χ0) is 9.35. The summed E-state index contributed by atoms with van der Waals surface area (Å²) in [6.45, 7) is 3.64. The molecule has 13 heavy (non-hydrogen) atoms. The first-order valence-electron chi connectivity index (χ1n) is 3.56. The van der Waals surface area contributed by atoms with Gasteiger partial charge in [0.1, 0.15) is 0 Å². The Morgan fingerprint density at radius 3 is 2.38 bits per heavy atom.